The number of nitrogens with one attached hydrogen (secondary N) is 1. The molecule has 0 radical (unpaired) electrons. The number of oxazole rings is 1. The molecule has 1 N–H and O–H groups in total. The average molecular weight is 517 g/mol. The summed E-state index contributed by atoms with van der Waals surface area (Å²) in [5, 5.41) is 7.59. The third kappa shape index (κ3) is 3.24. The van der Waals surface area contributed by atoms with Crippen molar-refractivity contribution < 1.29 is 18.1 Å². The molecule has 38 heavy (non-hydrogen) atoms. The van der Waals surface area contributed by atoms with E-state index < -0.39 is 17.6 Å². The number of alkyl halides is 1. The van der Waals surface area contributed by atoms with Crippen LogP contribution in [0.4, 0.5) is 4.39 Å². The number of carbonyl (C=O) groups excluding carboxylic acids is 1. The standard InChI is InChI=1S/C30H33FN4O3/c1-17-16-32-27(37-17)28-7-9-30(10-8-28,22(31)15-28)23(33-26(36)29-12-18(13-29)14-29)20-3-2-4-21(11-20)25-34-24(35-38-25)19-5-6-19/h2-4,11,16,18-19,22-23H,5-10,12-15H2,1H3,(H,33,36). The van der Waals surface area contributed by atoms with Gasteiger partial charge in [0.1, 0.15) is 11.9 Å². The lowest BCUT2D eigenvalue weighted by molar-refractivity contribution is -0.169. The lowest BCUT2D eigenvalue weighted by atomic mass is 9.44. The molecule has 7 nitrogen and oxygen atoms in total. The van der Waals surface area contributed by atoms with Crippen molar-refractivity contribution in [1.82, 2.24) is 20.4 Å². The Labute approximate surface area is 221 Å². The number of halogens is 1. The van der Waals surface area contributed by atoms with Crippen molar-refractivity contribution in [1.29, 1.82) is 0 Å². The van der Waals surface area contributed by atoms with Crippen LogP contribution in [-0.4, -0.2) is 27.2 Å². The van der Waals surface area contributed by atoms with Crippen LogP contribution in [0.2, 0.25) is 0 Å². The number of aryl methyl sites for hydroxylation is 1. The molecule has 0 saturated heterocycles. The van der Waals surface area contributed by atoms with Gasteiger partial charge >= 0.3 is 0 Å². The normalized spacial score (nSPS) is 35.8. The lowest BCUT2D eigenvalue weighted by Gasteiger charge is -2.61. The zero-order valence-corrected chi connectivity index (χ0v) is 21.7. The summed E-state index contributed by atoms with van der Waals surface area (Å²) in [5.41, 5.74) is 0.460. The molecular weight excluding hydrogens is 483 g/mol. The van der Waals surface area contributed by atoms with E-state index in [0.29, 0.717) is 42.9 Å². The van der Waals surface area contributed by atoms with E-state index in [2.05, 4.69) is 20.4 Å². The minimum Gasteiger partial charge on any atom is -0.445 e. The highest BCUT2D eigenvalue weighted by Gasteiger charge is 2.64. The molecule has 4 bridgehead atoms. The van der Waals surface area contributed by atoms with Gasteiger partial charge in [-0.25, -0.2) is 9.37 Å². The number of hydrogen-bond donors (Lipinski definition) is 1. The van der Waals surface area contributed by atoms with Crippen molar-refractivity contribution in [3.63, 3.8) is 0 Å². The molecule has 3 aromatic rings. The Hall–Kier alpha value is -3.03. The van der Waals surface area contributed by atoms with Crippen molar-refractivity contribution in [2.24, 2.45) is 16.7 Å². The highest BCUT2D eigenvalue weighted by molar-refractivity contribution is 5.86. The van der Waals surface area contributed by atoms with E-state index >= 15 is 4.39 Å². The Morgan fingerprint density at radius 2 is 1.92 bits per heavy atom. The van der Waals surface area contributed by atoms with Gasteiger partial charge in [-0.2, -0.15) is 4.98 Å². The van der Waals surface area contributed by atoms with Gasteiger partial charge in [-0.15, -0.1) is 0 Å². The van der Waals surface area contributed by atoms with Crippen molar-refractivity contribution in [3.8, 4) is 11.5 Å². The minimum absolute atomic E-state index is 0.0940. The van der Waals surface area contributed by atoms with E-state index in [9.17, 15) is 4.79 Å². The van der Waals surface area contributed by atoms with Crippen molar-refractivity contribution >= 4 is 5.91 Å². The van der Waals surface area contributed by atoms with Gasteiger partial charge in [0, 0.05) is 27.7 Å². The van der Waals surface area contributed by atoms with E-state index in [1.165, 1.54) is 0 Å². The molecule has 7 fully saturated rings. The van der Waals surface area contributed by atoms with Gasteiger partial charge in [-0.3, -0.25) is 4.79 Å². The molecule has 2 atom stereocenters. The van der Waals surface area contributed by atoms with E-state index in [4.69, 9.17) is 8.94 Å². The van der Waals surface area contributed by atoms with Crippen LogP contribution in [0.1, 0.15) is 99.2 Å². The van der Waals surface area contributed by atoms with Gasteiger partial charge in [0.15, 0.2) is 5.82 Å². The third-order valence-corrected chi connectivity index (χ3v) is 10.6. The summed E-state index contributed by atoms with van der Waals surface area (Å²) in [6.07, 6.45) is 9.10. The summed E-state index contributed by atoms with van der Waals surface area (Å²) in [4.78, 5) is 22.8. The predicted octanol–water partition coefficient (Wildman–Crippen LogP) is 6.11. The zero-order chi connectivity index (χ0) is 25.7. The maximum absolute atomic E-state index is 16.5. The summed E-state index contributed by atoms with van der Waals surface area (Å²) in [7, 11) is 0. The lowest BCUT2D eigenvalue weighted by Crippen LogP contribution is -2.63. The van der Waals surface area contributed by atoms with E-state index in [1.807, 2.05) is 31.2 Å². The molecule has 1 amide bonds. The Balaban J connectivity index is 1.14. The molecule has 7 aliphatic carbocycles. The van der Waals surface area contributed by atoms with Gasteiger partial charge in [0.05, 0.1) is 12.2 Å². The van der Waals surface area contributed by atoms with Crippen LogP contribution in [0.3, 0.4) is 0 Å². The summed E-state index contributed by atoms with van der Waals surface area (Å²) < 4.78 is 28.0. The summed E-state index contributed by atoms with van der Waals surface area (Å²) in [6.45, 7) is 1.89. The van der Waals surface area contributed by atoms with Crippen molar-refractivity contribution in [2.45, 2.75) is 94.7 Å². The zero-order valence-electron chi connectivity index (χ0n) is 21.7. The highest BCUT2D eigenvalue weighted by Crippen LogP contribution is 2.66. The monoisotopic (exact) mass is 516 g/mol. The summed E-state index contributed by atoms with van der Waals surface area (Å²) >= 11 is 0. The van der Waals surface area contributed by atoms with E-state index in [0.717, 1.165) is 67.7 Å². The quantitative estimate of drug-likeness (QED) is 0.407. The number of benzene rings is 1. The molecule has 2 unspecified atom stereocenters. The Morgan fingerprint density at radius 3 is 2.55 bits per heavy atom. The van der Waals surface area contributed by atoms with Crippen molar-refractivity contribution in [3.05, 3.63) is 53.5 Å². The molecule has 8 heteroatoms. The van der Waals surface area contributed by atoms with Gasteiger partial charge in [0.25, 0.3) is 5.89 Å². The molecule has 0 aliphatic heterocycles. The second kappa shape index (κ2) is 7.76. The largest absolute Gasteiger partial charge is 0.445 e. The van der Waals surface area contributed by atoms with Crippen LogP contribution in [0.5, 0.6) is 0 Å². The Kier molecular flexibility index (Phi) is 4.68. The number of nitrogens with zero attached hydrogens (tertiary/aromatic N) is 3. The maximum atomic E-state index is 16.5. The molecule has 2 aromatic heterocycles. The van der Waals surface area contributed by atoms with Crippen LogP contribution >= 0.6 is 0 Å². The molecule has 7 aliphatic rings. The fourth-order valence-corrected chi connectivity index (χ4v) is 7.94. The van der Waals surface area contributed by atoms with Gasteiger partial charge < -0.3 is 14.3 Å². The van der Waals surface area contributed by atoms with Gasteiger partial charge in [0.2, 0.25) is 11.8 Å². The first kappa shape index (κ1) is 22.9. The smallest absolute Gasteiger partial charge is 0.257 e. The maximum Gasteiger partial charge on any atom is 0.257 e. The van der Waals surface area contributed by atoms with Gasteiger partial charge in [-0.05, 0) is 94.7 Å². The number of fused-ring (bicyclic) bond motifs is 3. The van der Waals surface area contributed by atoms with E-state index in [-0.39, 0.29) is 16.7 Å². The number of hydrogen-bond acceptors (Lipinski definition) is 6. The number of rotatable bonds is 7. The molecule has 10 rings (SSSR count). The molecule has 1 aromatic carbocycles. The average Bonchev–Trinajstić information content (AvgIpc) is 3.42. The third-order valence-electron chi connectivity index (χ3n) is 10.6. The number of carbonyl (C=O) groups is 1. The first-order chi connectivity index (χ1) is 18.4. The first-order valence-corrected chi connectivity index (χ1v) is 14.2. The fraction of sp³-hybridized carbons (Fsp3) is 0.600. The SMILES string of the molecule is Cc1cnc(C23CCC(C(NC(=O)C45CC(C4)C5)c4cccc(-c5nc(C6CC6)no5)c4)(CC2)C(F)C3)o1. The minimum atomic E-state index is -1.08. The van der Waals surface area contributed by atoms with Crippen LogP contribution in [0, 0.1) is 23.7 Å². The molecular formula is C30H33FN4O3. The summed E-state index contributed by atoms with van der Waals surface area (Å²) in [6, 6.07) is 7.53. The second-order valence-corrected chi connectivity index (χ2v) is 13.0. The summed E-state index contributed by atoms with van der Waals surface area (Å²) in [5.74, 6) is 3.87. The Bertz CT molecular complexity index is 1400. The molecule has 2 heterocycles. The molecule has 198 valence electrons. The van der Waals surface area contributed by atoms with E-state index in [1.54, 1.807) is 6.20 Å². The number of amides is 1. The second-order valence-electron chi connectivity index (χ2n) is 13.0. The van der Waals surface area contributed by atoms with Crippen LogP contribution < -0.4 is 5.32 Å². The predicted molar refractivity (Wildman–Crippen MR) is 136 cm³/mol. The van der Waals surface area contributed by atoms with Gasteiger partial charge in [-0.1, -0.05) is 17.3 Å². The Morgan fingerprint density at radius 1 is 1.13 bits per heavy atom. The highest BCUT2D eigenvalue weighted by atomic mass is 19.1. The van der Waals surface area contributed by atoms with Crippen molar-refractivity contribution in [2.75, 3.05) is 0 Å². The van der Waals surface area contributed by atoms with Crippen LogP contribution in [0.15, 0.2) is 39.4 Å². The molecule has 7 saturated carbocycles. The fourth-order valence-electron chi connectivity index (χ4n) is 7.94. The topological polar surface area (TPSA) is 94.1 Å². The van der Waals surface area contributed by atoms with Crippen LogP contribution in [-0.2, 0) is 10.2 Å². The first-order valence-electron chi connectivity index (χ1n) is 14.2. The van der Waals surface area contributed by atoms with Crippen LogP contribution in [0.25, 0.3) is 11.5 Å². The molecule has 0 spiro atoms. The number of aromatic nitrogens is 3.